The summed E-state index contributed by atoms with van der Waals surface area (Å²) in [6.45, 7) is 2.71. The van der Waals surface area contributed by atoms with E-state index in [9.17, 15) is 9.59 Å². The minimum atomic E-state index is -0.164. The molecule has 0 aliphatic heterocycles. The van der Waals surface area contributed by atoms with Crippen molar-refractivity contribution in [1.29, 1.82) is 0 Å². The second-order valence-corrected chi connectivity index (χ2v) is 4.37. The number of amides is 1. The number of benzene rings is 1. The number of aldehydes is 1. The maximum Gasteiger partial charge on any atom is 0.257 e. The maximum absolute atomic E-state index is 11.6. The first kappa shape index (κ1) is 16.0. The Balaban J connectivity index is 2.44. The fourth-order valence-corrected chi connectivity index (χ4v) is 1.67. The molecule has 0 saturated carbocycles. The van der Waals surface area contributed by atoms with Gasteiger partial charge in [0.25, 0.3) is 5.91 Å². The maximum atomic E-state index is 11.6. The third kappa shape index (κ3) is 5.30. The molecule has 0 spiro atoms. The fourth-order valence-electron chi connectivity index (χ4n) is 1.67. The zero-order chi connectivity index (χ0) is 14.8. The Labute approximate surface area is 119 Å². The van der Waals surface area contributed by atoms with Crippen molar-refractivity contribution in [3.05, 3.63) is 23.8 Å². The van der Waals surface area contributed by atoms with Crippen LogP contribution in [0.2, 0.25) is 0 Å². The van der Waals surface area contributed by atoms with Gasteiger partial charge in [0.1, 0.15) is 6.29 Å². The number of carbonyl (C=O) groups is 2. The molecule has 110 valence electrons. The molecule has 0 fully saturated rings. The highest BCUT2D eigenvalue weighted by Gasteiger charge is 2.08. The number of ether oxygens (including phenoxy) is 2. The van der Waals surface area contributed by atoms with E-state index < -0.39 is 0 Å². The largest absolute Gasteiger partial charge is 0.493 e. The molecule has 1 amide bonds. The van der Waals surface area contributed by atoms with Gasteiger partial charge in [-0.2, -0.15) is 0 Å². The van der Waals surface area contributed by atoms with Gasteiger partial charge >= 0.3 is 0 Å². The third-order valence-electron chi connectivity index (χ3n) is 2.79. The van der Waals surface area contributed by atoms with E-state index in [1.54, 1.807) is 18.2 Å². The lowest BCUT2D eigenvalue weighted by molar-refractivity contribution is -0.123. The van der Waals surface area contributed by atoms with E-state index in [4.69, 9.17) is 9.47 Å². The number of carbonyl (C=O) groups excluding carboxylic acids is 2. The predicted octanol–water partition coefficient (Wildman–Crippen LogP) is 2.19. The molecule has 1 rings (SSSR count). The van der Waals surface area contributed by atoms with Gasteiger partial charge in [-0.15, -0.1) is 0 Å². The predicted molar refractivity (Wildman–Crippen MR) is 76.4 cm³/mol. The number of unbranched alkanes of at least 4 members (excludes halogenated alkanes) is 2. The first-order valence-corrected chi connectivity index (χ1v) is 6.74. The van der Waals surface area contributed by atoms with E-state index in [1.165, 1.54) is 7.11 Å². The second-order valence-electron chi connectivity index (χ2n) is 4.37. The smallest absolute Gasteiger partial charge is 0.257 e. The highest BCUT2D eigenvalue weighted by molar-refractivity contribution is 5.78. The zero-order valence-electron chi connectivity index (χ0n) is 12.0. The second kappa shape index (κ2) is 8.96. The van der Waals surface area contributed by atoms with Gasteiger partial charge in [0, 0.05) is 12.1 Å². The van der Waals surface area contributed by atoms with E-state index in [-0.39, 0.29) is 12.5 Å². The first-order valence-electron chi connectivity index (χ1n) is 6.74. The van der Waals surface area contributed by atoms with Crippen molar-refractivity contribution < 1.29 is 19.1 Å². The Morgan fingerprint density at radius 3 is 2.75 bits per heavy atom. The molecular formula is C15H21NO4. The van der Waals surface area contributed by atoms with Crippen molar-refractivity contribution >= 4 is 12.2 Å². The summed E-state index contributed by atoms with van der Waals surface area (Å²) in [6.07, 6.45) is 3.92. The minimum absolute atomic E-state index is 0.0665. The number of hydrogen-bond donors (Lipinski definition) is 1. The van der Waals surface area contributed by atoms with Crippen LogP contribution in [0.1, 0.15) is 36.5 Å². The van der Waals surface area contributed by atoms with Crippen LogP contribution in [0.4, 0.5) is 0 Å². The minimum Gasteiger partial charge on any atom is -0.493 e. The topological polar surface area (TPSA) is 64.6 Å². The molecule has 0 saturated heterocycles. The normalized spacial score (nSPS) is 9.90. The van der Waals surface area contributed by atoms with Crippen LogP contribution >= 0.6 is 0 Å². The Kier molecular flexibility index (Phi) is 7.17. The number of methoxy groups -OCH3 is 1. The highest BCUT2D eigenvalue weighted by Crippen LogP contribution is 2.27. The molecular weight excluding hydrogens is 258 g/mol. The van der Waals surface area contributed by atoms with E-state index in [1.807, 2.05) is 0 Å². The molecule has 0 bridgehead atoms. The summed E-state index contributed by atoms with van der Waals surface area (Å²) >= 11 is 0. The van der Waals surface area contributed by atoms with Crippen LogP contribution in [0, 0.1) is 0 Å². The quantitative estimate of drug-likeness (QED) is 0.556. The molecule has 1 N–H and O–H groups in total. The molecule has 1 aromatic rings. The van der Waals surface area contributed by atoms with E-state index in [0.29, 0.717) is 23.6 Å². The molecule has 5 heteroatoms. The van der Waals surface area contributed by atoms with Crippen molar-refractivity contribution in [3.63, 3.8) is 0 Å². The zero-order valence-corrected chi connectivity index (χ0v) is 12.0. The molecule has 0 aromatic heterocycles. The lowest BCUT2D eigenvalue weighted by atomic mass is 10.2. The van der Waals surface area contributed by atoms with E-state index in [0.717, 1.165) is 25.5 Å². The van der Waals surface area contributed by atoms with Gasteiger partial charge < -0.3 is 14.8 Å². The van der Waals surface area contributed by atoms with Gasteiger partial charge in [0.05, 0.1) is 7.11 Å². The molecule has 0 aliphatic carbocycles. The highest BCUT2D eigenvalue weighted by atomic mass is 16.5. The fraction of sp³-hybridized carbons (Fsp3) is 0.467. The Bertz CT molecular complexity index is 445. The van der Waals surface area contributed by atoms with Crippen LogP contribution in [-0.4, -0.2) is 32.5 Å². The van der Waals surface area contributed by atoms with Crippen molar-refractivity contribution in [2.45, 2.75) is 26.2 Å². The Hall–Kier alpha value is -2.04. The third-order valence-corrected chi connectivity index (χ3v) is 2.79. The van der Waals surface area contributed by atoms with Crippen LogP contribution in [0.3, 0.4) is 0 Å². The van der Waals surface area contributed by atoms with Gasteiger partial charge in [-0.25, -0.2) is 0 Å². The first-order chi connectivity index (χ1) is 9.71. The van der Waals surface area contributed by atoms with Gasteiger partial charge in [-0.05, 0) is 24.6 Å². The lowest BCUT2D eigenvalue weighted by Crippen LogP contribution is -2.29. The van der Waals surface area contributed by atoms with Gasteiger partial charge in [0.2, 0.25) is 0 Å². The van der Waals surface area contributed by atoms with E-state index in [2.05, 4.69) is 12.2 Å². The summed E-state index contributed by atoms with van der Waals surface area (Å²) in [5.41, 5.74) is 0.498. The Morgan fingerprint density at radius 2 is 2.10 bits per heavy atom. The van der Waals surface area contributed by atoms with Crippen LogP contribution in [0.5, 0.6) is 11.5 Å². The van der Waals surface area contributed by atoms with Gasteiger partial charge in [-0.1, -0.05) is 19.8 Å². The molecule has 0 unspecified atom stereocenters. The molecule has 0 atom stereocenters. The van der Waals surface area contributed by atoms with E-state index >= 15 is 0 Å². The molecule has 1 aromatic carbocycles. The van der Waals surface area contributed by atoms with Crippen molar-refractivity contribution in [3.8, 4) is 11.5 Å². The average molecular weight is 279 g/mol. The molecule has 0 heterocycles. The molecule has 0 radical (unpaired) electrons. The summed E-state index contributed by atoms with van der Waals surface area (Å²) in [4.78, 5) is 22.2. The summed E-state index contributed by atoms with van der Waals surface area (Å²) in [5, 5.41) is 2.79. The van der Waals surface area contributed by atoms with Gasteiger partial charge in [0.15, 0.2) is 18.1 Å². The molecule has 20 heavy (non-hydrogen) atoms. The summed E-state index contributed by atoms with van der Waals surface area (Å²) in [5.74, 6) is 0.720. The van der Waals surface area contributed by atoms with Crippen LogP contribution in [0.15, 0.2) is 18.2 Å². The van der Waals surface area contributed by atoms with Gasteiger partial charge in [-0.3, -0.25) is 9.59 Å². The standard InChI is InChI=1S/C15H21NO4/c1-3-4-5-8-16-15(18)11-20-13-7-6-12(10-17)9-14(13)19-2/h6-7,9-10H,3-5,8,11H2,1-2H3,(H,16,18). The lowest BCUT2D eigenvalue weighted by Gasteiger charge is -2.11. The van der Waals surface area contributed by atoms with Crippen molar-refractivity contribution in [2.24, 2.45) is 0 Å². The SMILES string of the molecule is CCCCCNC(=O)COc1ccc(C=O)cc1OC. The number of nitrogens with one attached hydrogen (secondary N) is 1. The van der Waals surface area contributed by atoms with Crippen LogP contribution in [-0.2, 0) is 4.79 Å². The van der Waals surface area contributed by atoms with Crippen molar-refractivity contribution in [1.82, 2.24) is 5.32 Å². The van der Waals surface area contributed by atoms with Crippen LogP contribution in [0.25, 0.3) is 0 Å². The van der Waals surface area contributed by atoms with Crippen LogP contribution < -0.4 is 14.8 Å². The Morgan fingerprint density at radius 1 is 1.30 bits per heavy atom. The summed E-state index contributed by atoms with van der Waals surface area (Å²) in [6, 6.07) is 4.80. The molecule has 0 aliphatic rings. The summed E-state index contributed by atoms with van der Waals surface area (Å²) in [7, 11) is 1.49. The number of hydrogen-bond acceptors (Lipinski definition) is 4. The monoisotopic (exact) mass is 279 g/mol. The summed E-state index contributed by atoms with van der Waals surface area (Å²) < 4.78 is 10.5. The molecule has 5 nitrogen and oxygen atoms in total. The number of rotatable bonds is 9. The van der Waals surface area contributed by atoms with Crippen molar-refractivity contribution in [2.75, 3.05) is 20.3 Å². The average Bonchev–Trinajstić information content (AvgIpc) is 2.49.